The van der Waals surface area contributed by atoms with Crippen LogP contribution in [-0.4, -0.2) is 32.4 Å². The van der Waals surface area contributed by atoms with Gasteiger partial charge in [0.2, 0.25) is 0 Å². The Labute approximate surface area is 232 Å². The van der Waals surface area contributed by atoms with Crippen LogP contribution in [0.5, 0.6) is 11.5 Å². The molecule has 6 N–H and O–H groups in total. The van der Waals surface area contributed by atoms with Gasteiger partial charge in [0, 0.05) is 20.7 Å². The van der Waals surface area contributed by atoms with E-state index in [1.165, 1.54) is 0 Å². The van der Waals surface area contributed by atoms with Gasteiger partial charge in [0.15, 0.2) is 11.1 Å². The van der Waals surface area contributed by atoms with Crippen molar-refractivity contribution in [3.63, 3.8) is 0 Å². The second-order valence-corrected chi connectivity index (χ2v) is 13.5. The van der Waals surface area contributed by atoms with Crippen LogP contribution >= 0.6 is 0 Å². The predicted molar refractivity (Wildman–Crippen MR) is 147 cm³/mol. The van der Waals surface area contributed by atoms with Crippen LogP contribution in [0.3, 0.4) is 0 Å². The zero-order valence-electron chi connectivity index (χ0n) is 24.4. The third kappa shape index (κ3) is 8.79. The van der Waals surface area contributed by atoms with Gasteiger partial charge in [-0.3, -0.25) is 0 Å². The third-order valence-corrected chi connectivity index (χ3v) is 6.06. The quantitative estimate of drug-likeness (QED) is 0.363. The second-order valence-electron chi connectivity index (χ2n) is 13.5. The fourth-order valence-electron chi connectivity index (χ4n) is 3.62. The van der Waals surface area contributed by atoms with E-state index in [4.69, 9.17) is 10.2 Å². The number of phenolic OH excluding ortho intramolecular Hbond substituents is 2. The maximum Gasteiger partial charge on any atom is 2.00 e. The molecule has 6 nitrogen and oxygen atoms in total. The fourth-order valence-corrected chi connectivity index (χ4v) is 3.62. The molecule has 0 aliphatic rings. The van der Waals surface area contributed by atoms with E-state index in [-0.39, 0.29) is 61.4 Å². The van der Waals surface area contributed by atoms with Crippen LogP contribution in [0.1, 0.15) is 126 Å². The van der Waals surface area contributed by atoms with Gasteiger partial charge in [0.05, 0.1) is 0 Å². The Hall–Kier alpha value is -2.50. The van der Waals surface area contributed by atoms with Crippen molar-refractivity contribution in [2.45, 2.75) is 105 Å². The van der Waals surface area contributed by atoms with Crippen LogP contribution in [0.25, 0.3) is 0 Å². The molecule has 0 bridgehead atoms. The van der Waals surface area contributed by atoms with E-state index >= 15 is 0 Å². The summed E-state index contributed by atoms with van der Waals surface area (Å²) in [5, 5.41) is 34.8. The molecule has 0 saturated heterocycles. The van der Waals surface area contributed by atoms with Crippen LogP contribution in [0.4, 0.5) is 0 Å². The van der Waals surface area contributed by atoms with Gasteiger partial charge in [-0.15, -0.1) is 0 Å². The molecule has 0 aromatic heterocycles. The summed E-state index contributed by atoms with van der Waals surface area (Å²) in [6, 6.07) is 7.11. The first-order chi connectivity index (χ1) is 15.9. The predicted octanol–water partition coefficient (Wildman–Crippen LogP) is 5.70. The number of hydrogen-bond donors (Lipinski definition) is 2. The van der Waals surface area contributed by atoms with Crippen molar-refractivity contribution in [1.29, 1.82) is 0 Å². The van der Waals surface area contributed by atoms with Crippen LogP contribution < -0.4 is 0 Å². The van der Waals surface area contributed by atoms with E-state index in [9.17, 15) is 19.8 Å². The van der Waals surface area contributed by atoms with E-state index in [1.54, 1.807) is 12.1 Å². The Kier molecular flexibility index (Phi) is 10.7. The molecule has 2 rings (SSSR count). The number of rotatable bonds is 2. The molecule has 2 aromatic carbocycles. The Bertz CT molecular complexity index is 1050. The molecule has 0 saturated carbocycles. The Morgan fingerprint density at radius 1 is 0.541 bits per heavy atom. The molecule has 0 spiro atoms. The molecule has 0 unspecified atom stereocenters. The van der Waals surface area contributed by atoms with E-state index in [0.29, 0.717) is 11.1 Å². The second kappa shape index (κ2) is 11.5. The normalized spacial score (nSPS) is 12.2. The van der Waals surface area contributed by atoms with Crippen molar-refractivity contribution in [2.75, 3.05) is 0 Å². The van der Waals surface area contributed by atoms with Crippen molar-refractivity contribution in [3.8, 4) is 11.5 Å². The largest absolute Gasteiger partial charge is 2.00 e. The summed E-state index contributed by atoms with van der Waals surface area (Å²) >= 11 is 0. The van der Waals surface area contributed by atoms with E-state index < -0.39 is 11.9 Å². The van der Waals surface area contributed by atoms with Gasteiger partial charge in [0.25, 0.3) is 0 Å². The fraction of sp³-hybridized carbons (Fsp3) is 0.533. The van der Waals surface area contributed by atoms with Crippen LogP contribution in [0.15, 0.2) is 24.3 Å². The monoisotopic (exact) mass is 557 g/mol. The van der Waals surface area contributed by atoms with Crippen LogP contribution in [0.2, 0.25) is 0 Å². The molecular formula is C30H46MnO6+4. The Morgan fingerprint density at radius 2 is 0.784 bits per heavy atom. The SMILES string of the molecule is CC(C)(C)c1cc(C(=O)[OH2+])c(O)c(C(C)(C)C)c1.CC(C)(C)c1cc(C(=O)[OH2+])c(O)c(C(C)(C)C)c1.[Mn+2]. The van der Waals surface area contributed by atoms with Crippen LogP contribution in [0, 0.1) is 0 Å². The molecular weight excluding hydrogens is 511 g/mol. The molecule has 2 aromatic rings. The Morgan fingerprint density at radius 3 is 0.946 bits per heavy atom. The van der Waals surface area contributed by atoms with Gasteiger partial charge in [-0.2, -0.15) is 0 Å². The molecule has 7 heteroatoms. The first-order valence-corrected chi connectivity index (χ1v) is 12.2. The molecule has 205 valence electrons. The van der Waals surface area contributed by atoms with Gasteiger partial charge >= 0.3 is 29.0 Å². The summed E-state index contributed by atoms with van der Waals surface area (Å²) in [6.45, 7) is 24.1. The molecule has 0 amide bonds. The smallest absolute Gasteiger partial charge is 0.561 e. The minimum absolute atomic E-state index is 0. The van der Waals surface area contributed by atoms with Crippen molar-refractivity contribution >= 4 is 11.9 Å². The van der Waals surface area contributed by atoms with E-state index in [0.717, 1.165) is 11.1 Å². The summed E-state index contributed by atoms with van der Waals surface area (Å²) in [5.74, 6) is -1.81. The minimum atomic E-state index is -0.843. The minimum Gasteiger partial charge on any atom is -0.561 e. The molecule has 0 atom stereocenters. The summed E-state index contributed by atoms with van der Waals surface area (Å²) < 4.78 is 0. The molecule has 0 heterocycles. The molecule has 37 heavy (non-hydrogen) atoms. The van der Waals surface area contributed by atoms with Crippen LogP contribution in [-0.2, 0) is 38.7 Å². The molecule has 0 fully saturated rings. The van der Waals surface area contributed by atoms with Gasteiger partial charge in [-0.1, -0.05) is 95.2 Å². The Balaban J connectivity index is 0.000000682. The average Bonchev–Trinajstić information content (AvgIpc) is 2.64. The average molecular weight is 558 g/mol. The summed E-state index contributed by atoms with van der Waals surface area (Å²) in [5.41, 5.74) is 2.73. The van der Waals surface area contributed by atoms with Gasteiger partial charge in [-0.05, 0) is 44.9 Å². The topological polar surface area (TPSA) is 120 Å². The number of carbonyl (C=O) groups excluding carboxylic acids is 2. The third-order valence-electron chi connectivity index (χ3n) is 6.06. The first kappa shape index (κ1) is 34.5. The van der Waals surface area contributed by atoms with Gasteiger partial charge < -0.3 is 20.4 Å². The summed E-state index contributed by atoms with van der Waals surface area (Å²) in [7, 11) is 0. The summed E-state index contributed by atoms with van der Waals surface area (Å²) in [4.78, 5) is 22.7. The van der Waals surface area contributed by atoms with Crippen molar-refractivity contribution in [1.82, 2.24) is 0 Å². The zero-order valence-corrected chi connectivity index (χ0v) is 25.6. The number of aromatic hydroxyl groups is 2. The number of hydrogen-bond acceptors (Lipinski definition) is 4. The molecule has 1 radical (unpaired) electrons. The van der Waals surface area contributed by atoms with E-state index in [1.807, 2.05) is 95.2 Å². The number of benzene rings is 2. The van der Waals surface area contributed by atoms with Gasteiger partial charge in [0.1, 0.15) is 11.5 Å². The van der Waals surface area contributed by atoms with E-state index in [2.05, 4.69) is 0 Å². The standard InChI is InChI=1S/2C15H22O3.Mn/c2*1-14(2,3)9-7-10(13(17)18)12(16)11(8-9)15(4,5)6;/h2*7-8,16H,1-6H3,(H,17,18);/q;;+2/p+2. The number of carbonyl (C=O) groups is 2. The molecule has 0 aliphatic carbocycles. The maximum atomic E-state index is 11.3. The zero-order chi connectivity index (χ0) is 28.6. The maximum absolute atomic E-state index is 11.3. The van der Waals surface area contributed by atoms with Crippen molar-refractivity contribution in [3.05, 3.63) is 57.6 Å². The first-order valence-electron chi connectivity index (χ1n) is 12.2. The van der Waals surface area contributed by atoms with Crippen molar-refractivity contribution < 1.29 is 47.1 Å². The number of phenols is 2. The van der Waals surface area contributed by atoms with Crippen molar-refractivity contribution in [2.24, 2.45) is 0 Å². The van der Waals surface area contributed by atoms with Gasteiger partial charge in [-0.25, -0.2) is 0 Å². The summed E-state index contributed by atoms with van der Waals surface area (Å²) in [6.07, 6.45) is 0. The molecule has 0 aliphatic heterocycles.